The molecule has 0 unspecified atom stereocenters. The largest absolute Gasteiger partial charge is 0.482 e. The van der Waals surface area contributed by atoms with E-state index in [2.05, 4.69) is 10.3 Å². The molecule has 1 N–H and O–H groups in total. The van der Waals surface area contributed by atoms with Gasteiger partial charge in [-0.3, -0.25) is 4.79 Å². The fourth-order valence-electron chi connectivity index (χ4n) is 1.44. The Balaban J connectivity index is 1.74. The number of hydrogen-bond donors (Lipinski definition) is 1. The fourth-order valence-corrected chi connectivity index (χ4v) is 1.56. The topological polar surface area (TPSA) is 51.2 Å². The number of nitrogens with one attached hydrogen (secondary N) is 1. The predicted octanol–water partition coefficient (Wildman–Crippen LogP) is 2.43. The second-order valence-corrected chi connectivity index (χ2v) is 4.25. The van der Waals surface area contributed by atoms with Crippen LogP contribution in [0.4, 0.5) is 0 Å². The molecule has 5 heteroatoms. The number of nitrogens with zero attached hydrogens (tertiary/aromatic N) is 1. The Labute approximate surface area is 116 Å². The van der Waals surface area contributed by atoms with Crippen molar-refractivity contribution in [2.45, 2.75) is 6.54 Å². The Bertz CT molecular complexity index is 529. The van der Waals surface area contributed by atoms with Gasteiger partial charge in [0.05, 0.1) is 6.20 Å². The van der Waals surface area contributed by atoms with E-state index in [1.165, 1.54) is 6.20 Å². The average molecular weight is 277 g/mol. The molecule has 2 aromatic rings. The van der Waals surface area contributed by atoms with Gasteiger partial charge in [0.15, 0.2) is 6.61 Å². The number of aromatic nitrogens is 1. The van der Waals surface area contributed by atoms with Gasteiger partial charge >= 0.3 is 0 Å². The molecule has 19 heavy (non-hydrogen) atoms. The van der Waals surface area contributed by atoms with Gasteiger partial charge in [-0.2, -0.15) is 0 Å². The van der Waals surface area contributed by atoms with Crippen molar-refractivity contribution in [3.8, 4) is 5.75 Å². The van der Waals surface area contributed by atoms with Gasteiger partial charge in [0, 0.05) is 6.54 Å². The molecule has 0 bridgehead atoms. The van der Waals surface area contributed by atoms with Crippen molar-refractivity contribution >= 4 is 17.5 Å². The summed E-state index contributed by atoms with van der Waals surface area (Å²) in [5.41, 5.74) is 1.05. The summed E-state index contributed by atoms with van der Waals surface area (Å²) in [6.07, 6.45) is 1.48. The molecule has 1 aromatic carbocycles. The molecule has 0 atom stereocenters. The molecule has 1 heterocycles. The van der Waals surface area contributed by atoms with Crippen molar-refractivity contribution in [1.82, 2.24) is 10.3 Å². The molecule has 0 aliphatic carbocycles. The average Bonchev–Trinajstić information content (AvgIpc) is 2.45. The molecule has 0 radical (unpaired) electrons. The van der Waals surface area contributed by atoms with Crippen LogP contribution in [-0.2, 0) is 11.3 Å². The van der Waals surface area contributed by atoms with Crippen molar-refractivity contribution in [3.63, 3.8) is 0 Å². The lowest BCUT2D eigenvalue weighted by atomic mass is 10.2. The summed E-state index contributed by atoms with van der Waals surface area (Å²) in [5.74, 6) is 0.332. The Hall–Kier alpha value is -2.07. The summed E-state index contributed by atoms with van der Waals surface area (Å²) in [6, 6.07) is 13.0. The van der Waals surface area contributed by atoms with Crippen LogP contribution in [0.15, 0.2) is 48.7 Å². The van der Waals surface area contributed by atoms with E-state index in [-0.39, 0.29) is 12.5 Å². The van der Waals surface area contributed by atoms with E-state index < -0.39 is 0 Å². The van der Waals surface area contributed by atoms with Crippen LogP contribution < -0.4 is 10.1 Å². The summed E-state index contributed by atoms with van der Waals surface area (Å²) in [5, 5.41) is 3.16. The quantitative estimate of drug-likeness (QED) is 0.854. The highest BCUT2D eigenvalue weighted by atomic mass is 35.5. The normalized spacial score (nSPS) is 9.95. The minimum Gasteiger partial charge on any atom is -0.482 e. The summed E-state index contributed by atoms with van der Waals surface area (Å²) in [7, 11) is 0. The third kappa shape index (κ3) is 4.60. The molecule has 4 nitrogen and oxygen atoms in total. The van der Waals surface area contributed by atoms with Crippen LogP contribution in [0, 0.1) is 0 Å². The van der Waals surface area contributed by atoms with Crippen molar-refractivity contribution < 1.29 is 9.53 Å². The Morgan fingerprint density at radius 2 is 2.00 bits per heavy atom. The summed E-state index contributed by atoms with van der Waals surface area (Å²) in [4.78, 5) is 15.4. The SMILES string of the molecule is O=C(COc1ccc(Cl)nc1)NCc1ccccc1. The second kappa shape index (κ2) is 6.75. The lowest BCUT2D eigenvalue weighted by Gasteiger charge is -2.07. The third-order valence-electron chi connectivity index (χ3n) is 2.40. The Kier molecular flexibility index (Phi) is 4.75. The Morgan fingerprint density at radius 1 is 1.21 bits per heavy atom. The van der Waals surface area contributed by atoms with E-state index >= 15 is 0 Å². The second-order valence-electron chi connectivity index (χ2n) is 3.87. The van der Waals surface area contributed by atoms with Crippen LogP contribution in [0.1, 0.15) is 5.56 Å². The van der Waals surface area contributed by atoms with Crippen molar-refractivity contribution in [3.05, 3.63) is 59.4 Å². The van der Waals surface area contributed by atoms with Gasteiger partial charge < -0.3 is 10.1 Å². The van der Waals surface area contributed by atoms with Gasteiger partial charge in [0.2, 0.25) is 0 Å². The molecule has 0 aliphatic rings. The monoisotopic (exact) mass is 276 g/mol. The molecule has 0 saturated carbocycles. The van der Waals surface area contributed by atoms with Crippen molar-refractivity contribution in [2.24, 2.45) is 0 Å². The zero-order chi connectivity index (χ0) is 13.5. The van der Waals surface area contributed by atoms with Crippen LogP contribution in [0.5, 0.6) is 5.75 Å². The number of amides is 1. The van der Waals surface area contributed by atoms with Gasteiger partial charge in [-0.1, -0.05) is 41.9 Å². The summed E-state index contributed by atoms with van der Waals surface area (Å²) < 4.78 is 5.28. The lowest BCUT2D eigenvalue weighted by molar-refractivity contribution is -0.123. The minimum atomic E-state index is -0.182. The van der Waals surface area contributed by atoms with Gasteiger partial charge in [0.25, 0.3) is 5.91 Å². The van der Waals surface area contributed by atoms with E-state index in [1.54, 1.807) is 12.1 Å². The minimum absolute atomic E-state index is 0.0455. The number of hydrogen-bond acceptors (Lipinski definition) is 3. The number of halogens is 1. The molecule has 2 rings (SSSR count). The number of carbonyl (C=O) groups excluding carboxylic acids is 1. The highest BCUT2D eigenvalue weighted by Gasteiger charge is 2.03. The first-order valence-electron chi connectivity index (χ1n) is 5.79. The van der Waals surface area contributed by atoms with Gasteiger partial charge in [0.1, 0.15) is 10.9 Å². The molecule has 0 fully saturated rings. The number of ether oxygens (including phenoxy) is 1. The van der Waals surface area contributed by atoms with E-state index in [0.29, 0.717) is 17.4 Å². The standard InChI is InChI=1S/C14H13ClN2O2/c15-13-7-6-12(9-16-13)19-10-14(18)17-8-11-4-2-1-3-5-11/h1-7,9H,8,10H2,(H,17,18). The Morgan fingerprint density at radius 3 is 2.68 bits per heavy atom. The van der Waals surface area contributed by atoms with Crippen LogP contribution in [0.3, 0.4) is 0 Å². The molecule has 1 amide bonds. The number of pyridine rings is 1. The van der Waals surface area contributed by atoms with E-state index in [4.69, 9.17) is 16.3 Å². The van der Waals surface area contributed by atoms with E-state index in [0.717, 1.165) is 5.56 Å². The molecule has 0 saturated heterocycles. The summed E-state index contributed by atoms with van der Waals surface area (Å²) >= 11 is 5.65. The molecule has 0 aliphatic heterocycles. The van der Waals surface area contributed by atoms with Crippen LogP contribution in [0.2, 0.25) is 5.15 Å². The van der Waals surface area contributed by atoms with Gasteiger partial charge in [-0.25, -0.2) is 4.98 Å². The highest BCUT2D eigenvalue weighted by molar-refractivity contribution is 6.29. The van der Waals surface area contributed by atoms with Crippen molar-refractivity contribution in [1.29, 1.82) is 0 Å². The third-order valence-corrected chi connectivity index (χ3v) is 2.63. The first-order chi connectivity index (χ1) is 9.24. The summed E-state index contributed by atoms with van der Waals surface area (Å²) in [6.45, 7) is 0.443. The fraction of sp³-hybridized carbons (Fsp3) is 0.143. The van der Waals surface area contributed by atoms with Crippen LogP contribution >= 0.6 is 11.6 Å². The first-order valence-corrected chi connectivity index (χ1v) is 6.17. The molecular formula is C14H13ClN2O2. The van der Waals surface area contributed by atoms with Gasteiger partial charge in [-0.05, 0) is 17.7 Å². The molecular weight excluding hydrogens is 264 g/mol. The number of rotatable bonds is 5. The smallest absolute Gasteiger partial charge is 0.258 e. The van der Waals surface area contributed by atoms with Crippen LogP contribution in [0.25, 0.3) is 0 Å². The maximum atomic E-state index is 11.6. The van der Waals surface area contributed by atoms with Crippen LogP contribution in [-0.4, -0.2) is 17.5 Å². The maximum absolute atomic E-state index is 11.6. The zero-order valence-corrected chi connectivity index (χ0v) is 10.9. The van der Waals surface area contributed by atoms with Crippen molar-refractivity contribution in [2.75, 3.05) is 6.61 Å². The molecule has 1 aromatic heterocycles. The lowest BCUT2D eigenvalue weighted by Crippen LogP contribution is -2.28. The number of carbonyl (C=O) groups is 1. The maximum Gasteiger partial charge on any atom is 0.258 e. The molecule has 0 spiro atoms. The van der Waals surface area contributed by atoms with E-state index in [1.807, 2.05) is 30.3 Å². The van der Waals surface area contributed by atoms with E-state index in [9.17, 15) is 4.79 Å². The molecule has 98 valence electrons. The highest BCUT2D eigenvalue weighted by Crippen LogP contribution is 2.11. The predicted molar refractivity (Wildman–Crippen MR) is 73.0 cm³/mol. The zero-order valence-electron chi connectivity index (χ0n) is 10.2. The first kappa shape index (κ1) is 13.4. The van der Waals surface area contributed by atoms with Gasteiger partial charge in [-0.15, -0.1) is 0 Å². The number of benzene rings is 1.